The number of carbonyl (C=O) groups excluding carboxylic acids is 2. The fraction of sp³-hybridized carbons (Fsp3) is 0.471. The Morgan fingerprint density at radius 1 is 0.800 bits per heavy atom. The average Bonchev–Trinajstić information content (AvgIpc) is 2.86. The van der Waals surface area contributed by atoms with Crippen molar-refractivity contribution in [1.82, 2.24) is 0 Å². The standard InChI is InChI=1S/2C13H18O2S.2C4H8/c1-13(2,10-12(14)15-8-9-16)11-6-4-3-5-7-11;1-13(2,10-12(15)16-9-8-14)11-6-4-3-5-7-11;2*1-4(2)3/h3-7,16H,8-10H2,1-2H3;3-7,14H,8-10H2,1-2H3;2*1H2,2-3H3. The number of hydrogen-bond acceptors (Lipinski definition) is 6. The fourth-order valence-electron chi connectivity index (χ4n) is 3.13. The van der Waals surface area contributed by atoms with Crippen LogP contribution in [0.15, 0.2) is 85.0 Å². The molecule has 1 N–H and O–H groups in total. The van der Waals surface area contributed by atoms with Gasteiger partial charge in [-0.3, -0.25) is 9.59 Å². The third-order valence-corrected chi connectivity index (χ3v) is 6.03. The maximum atomic E-state index is 11.6. The van der Waals surface area contributed by atoms with Crippen LogP contribution in [0, 0.1) is 0 Å². The van der Waals surface area contributed by atoms with Crippen LogP contribution >= 0.6 is 24.4 Å². The van der Waals surface area contributed by atoms with Gasteiger partial charge in [-0.15, -0.1) is 13.2 Å². The third kappa shape index (κ3) is 22.5. The molecule has 0 aliphatic rings. The normalized spacial score (nSPS) is 10.3. The number of thiol groups is 1. The van der Waals surface area contributed by atoms with Gasteiger partial charge in [0, 0.05) is 23.3 Å². The quantitative estimate of drug-likeness (QED) is 0.165. The van der Waals surface area contributed by atoms with E-state index in [2.05, 4.69) is 39.6 Å². The van der Waals surface area contributed by atoms with Crippen molar-refractivity contribution in [2.24, 2.45) is 0 Å². The van der Waals surface area contributed by atoms with Gasteiger partial charge in [0.2, 0.25) is 0 Å². The van der Waals surface area contributed by atoms with E-state index < -0.39 is 0 Å². The first-order chi connectivity index (χ1) is 18.6. The number of ether oxygens (including phenoxy) is 1. The zero-order chi connectivity index (χ0) is 31.2. The molecule has 2 aromatic rings. The molecular formula is C34H52O4S2. The lowest BCUT2D eigenvalue weighted by atomic mass is 9.82. The summed E-state index contributed by atoms with van der Waals surface area (Å²) in [5.74, 6) is 0.893. The predicted molar refractivity (Wildman–Crippen MR) is 179 cm³/mol. The van der Waals surface area contributed by atoms with Crippen LogP contribution in [0.25, 0.3) is 0 Å². The molecule has 0 radical (unpaired) electrons. The highest BCUT2D eigenvalue weighted by Gasteiger charge is 2.25. The molecule has 0 saturated heterocycles. The second kappa shape index (κ2) is 22.4. The van der Waals surface area contributed by atoms with Crippen molar-refractivity contribution in [1.29, 1.82) is 0 Å². The molecule has 0 aliphatic heterocycles. The molecule has 0 unspecified atom stereocenters. The topological polar surface area (TPSA) is 63.6 Å². The van der Waals surface area contributed by atoms with Gasteiger partial charge in [-0.2, -0.15) is 12.6 Å². The number of aliphatic hydroxyl groups is 1. The van der Waals surface area contributed by atoms with E-state index in [0.29, 0.717) is 31.0 Å². The lowest BCUT2D eigenvalue weighted by molar-refractivity contribution is -0.144. The van der Waals surface area contributed by atoms with Crippen molar-refractivity contribution >= 4 is 35.5 Å². The molecule has 4 nitrogen and oxygen atoms in total. The summed E-state index contributed by atoms with van der Waals surface area (Å²) in [4.78, 5) is 23.2. The van der Waals surface area contributed by atoms with Crippen LogP contribution < -0.4 is 0 Å². The molecule has 0 spiro atoms. The first-order valence-corrected chi connectivity index (χ1v) is 15.1. The Morgan fingerprint density at radius 2 is 1.18 bits per heavy atom. The van der Waals surface area contributed by atoms with Crippen LogP contribution in [0.2, 0.25) is 0 Å². The average molecular weight is 589 g/mol. The van der Waals surface area contributed by atoms with Gasteiger partial charge < -0.3 is 9.84 Å². The number of aliphatic hydroxyl groups excluding tert-OH is 1. The molecule has 0 atom stereocenters. The molecular weight excluding hydrogens is 537 g/mol. The number of carbonyl (C=O) groups is 2. The fourth-order valence-corrected chi connectivity index (χ4v) is 4.00. The Labute approximate surface area is 254 Å². The maximum Gasteiger partial charge on any atom is 0.306 e. The van der Waals surface area contributed by atoms with Gasteiger partial charge in [0.05, 0.1) is 13.0 Å². The Kier molecular flexibility index (Phi) is 22.3. The van der Waals surface area contributed by atoms with Gasteiger partial charge in [-0.25, -0.2) is 0 Å². The smallest absolute Gasteiger partial charge is 0.306 e. The van der Waals surface area contributed by atoms with E-state index >= 15 is 0 Å². The highest BCUT2D eigenvalue weighted by atomic mass is 32.2. The Bertz CT molecular complexity index is 894. The number of allylic oxidation sites excluding steroid dienone is 2. The maximum absolute atomic E-state index is 11.6. The largest absolute Gasteiger partial charge is 0.465 e. The van der Waals surface area contributed by atoms with Crippen molar-refractivity contribution in [3.05, 3.63) is 96.1 Å². The minimum atomic E-state index is -0.186. The van der Waals surface area contributed by atoms with Crippen molar-refractivity contribution in [2.45, 2.75) is 79.1 Å². The highest BCUT2D eigenvalue weighted by Crippen LogP contribution is 2.29. The molecule has 0 fully saturated rings. The van der Waals surface area contributed by atoms with Crippen LogP contribution in [0.1, 0.15) is 79.4 Å². The Hall–Kier alpha value is -2.28. The van der Waals surface area contributed by atoms with Gasteiger partial charge in [0.15, 0.2) is 5.12 Å². The lowest BCUT2D eigenvalue weighted by Crippen LogP contribution is -2.23. The van der Waals surface area contributed by atoms with Gasteiger partial charge >= 0.3 is 5.97 Å². The van der Waals surface area contributed by atoms with Crippen molar-refractivity contribution in [3.8, 4) is 0 Å². The molecule has 0 heterocycles. The number of thioether (sulfide) groups is 1. The lowest BCUT2D eigenvalue weighted by Gasteiger charge is -2.24. The summed E-state index contributed by atoms with van der Waals surface area (Å²) in [6.07, 6.45) is 0.895. The summed E-state index contributed by atoms with van der Waals surface area (Å²) in [7, 11) is 0. The number of hydrogen-bond donors (Lipinski definition) is 2. The molecule has 0 saturated carbocycles. The Balaban J connectivity index is 0. The SMILES string of the molecule is C=C(C)C.C=C(C)C.CC(C)(CC(=O)OCCS)c1ccccc1.CC(C)(CC(=O)SCCO)c1ccccc1. The molecule has 0 amide bonds. The summed E-state index contributed by atoms with van der Waals surface area (Å²) in [6, 6.07) is 20.0. The minimum Gasteiger partial charge on any atom is -0.465 e. The number of esters is 1. The number of rotatable bonds is 10. The predicted octanol–water partition coefficient (Wildman–Crippen LogP) is 8.60. The Morgan fingerprint density at radius 3 is 1.52 bits per heavy atom. The van der Waals surface area contributed by atoms with E-state index in [-0.39, 0.29) is 28.5 Å². The van der Waals surface area contributed by atoms with Gasteiger partial charge in [-0.1, -0.05) is 111 Å². The molecule has 0 aromatic heterocycles. The minimum absolute atomic E-state index is 0.0577. The summed E-state index contributed by atoms with van der Waals surface area (Å²) in [5.41, 5.74) is 4.33. The van der Waals surface area contributed by atoms with E-state index in [1.165, 1.54) is 28.5 Å². The van der Waals surface area contributed by atoms with E-state index in [4.69, 9.17) is 9.84 Å². The summed E-state index contributed by atoms with van der Waals surface area (Å²) in [5, 5.41) is 8.80. The van der Waals surface area contributed by atoms with Crippen molar-refractivity contribution in [2.75, 3.05) is 24.7 Å². The van der Waals surface area contributed by atoms with Gasteiger partial charge in [0.1, 0.15) is 6.61 Å². The third-order valence-electron chi connectivity index (χ3n) is 4.99. The van der Waals surface area contributed by atoms with E-state index in [1.807, 2.05) is 102 Å². The van der Waals surface area contributed by atoms with E-state index in [9.17, 15) is 9.59 Å². The van der Waals surface area contributed by atoms with E-state index in [0.717, 1.165) is 5.56 Å². The molecule has 224 valence electrons. The van der Waals surface area contributed by atoms with Crippen LogP contribution in [0.5, 0.6) is 0 Å². The van der Waals surface area contributed by atoms with Gasteiger partial charge in [-0.05, 0) is 44.2 Å². The van der Waals surface area contributed by atoms with Crippen LogP contribution in [-0.2, 0) is 25.2 Å². The van der Waals surface area contributed by atoms with E-state index in [1.54, 1.807) is 0 Å². The second-order valence-corrected chi connectivity index (χ2v) is 12.8. The van der Waals surface area contributed by atoms with Crippen molar-refractivity contribution < 1.29 is 19.4 Å². The van der Waals surface area contributed by atoms with Crippen LogP contribution in [-0.4, -0.2) is 40.9 Å². The molecule has 2 aromatic carbocycles. The van der Waals surface area contributed by atoms with Crippen LogP contribution in [0.3, 0.4) is 0 Å². The molecule has 2 rings (SSSR count). The highest BCUT2D eigenvalue weighted by molar-refractivity contribution is 8.13. The molecule has 40 heavy (non-hydrogen) atoms. The zero-order valence-corrected chi connectivity index (χ0v) is 27.7. The molecule has 0 aliphatic carbocycles. The second-order valence-electron chi connectivity index (χ2n) is 11.2. The summed E-state index contributed by atoms with van der Waals surface area (Å²) >= 11 is 5.21. The van der Waals surface area contributed by atoms with Crippen molar-refractivity contribution in [3.63, 3.8) is 0 Å². The van der Waals surface area contributed by atoms with Gasteiger partial charge in [0.25, 0.3) is 0 Å². The zero-order valence-electron chi connectivity index (χ0n) is 26.0. The summed E-state index contributed by atoms with van der Waals surface area (Å²) < 4.78 is 5.03. The monoisotopic (exact) mass is 588 g/mol. The molecule has 6 heteroatoms. The van der Waals surface area contributed by atoms with Crippen LogP contribution in [0.4, 0.5) is 0 Å². The molecule has 0 bridgehead atoms. The summed E-state index contributed by atoms with van der Waals surface area (Å²) in [6.45, 7) is 23.7. The first-order valence-electron chi connectivity index (χ1n) is 13.5. The number of benzene rings is 2. The first kappa shape index (κ1) is 39.9.